The van der Waals surface area contributed by atoms with Crippen molar-refractivity contribution >= 4 is 5.97 Å². The van der Waals surface area contributed by atoms with E-state index in [0.29, 0.717) is 11.1 Å². The number of hydrogen-bond acceptors (Lipinski definition) is 2. The number of carbonyl (C=O) groups is 1. The van der Waals surface area contributed by atoms with E-state index < -0.39 is 11.8 Å². The number of nitriles is 1. The van der Waals surface area contributed by atoms with Crippen LogP contribution in [0.1, 0.15) is 17.5 Å². The lowest BCUT2D eigenvalue weighted by Gasteiger charge is -1.99. The van der Waals surface area contributed by atoms with Crippen LogP contribution in [0, 0.1) is 29.0 Å². The van der Waals surface area contributed by atoms with Crippen molar-refractivity contribution in [2.45, 2.75) is 12.8 Å². The zero-order valence-corrected chi connectivity index (χ0v) is 8.33. The minimum atomic E-state index is -1.04. The van der Waals surface area contributed by atoms with Gasteiger partial charge in [-0.05, 0) is 17.7 Å². The monoisotopic (exact) mass is 217 g/mol. The molecular weight excluding hydrogens is 209 g/mol. The minimum absolute atomic E-state index is 0.122. The van der Waals surface area contributed by atoms with Crippen LogP contribution in [0.2, 0.25) is 0 Å². The lowest BCUT2D eigenvalue weighted by atomic mass is 10.1. The van der Waals surface area contributed by atoms with E-state index >= 15 is 0 Å². The summed E-state index contributed by atoms with van der Waals surface area (Å²) >= 11 is 0. The first-order valence-corrected chi connectivity index (χ1v) is 4.49. The number of nitrogens with zero attached hydrogens (tertiary/aromatic N) is 1. The van der Waals surface area contributed by atoms with Crippen molar-refractivity contribution in [3.8, 4) is 17.9 Å². The van der Waals surface area contributed by atoms with Gasteiger partial charge in [-0.15, -0.1) is 0 Å². The van der Waals surface area contributed by atoms with Crippen LogP contribution in [0.15, 0.2) is 18.2 Å². The van der Waals surface area contributed by atoms with E-state index in [1.54, 1.807) is 0 Å². The summed E-state index contributed by atoms with van der Waals surface area (Å²) in [6.07, 6.45) is -0.181. The minimum Gasteiger partial charge on any atom is -0.481 e. The lowest BCUT2D eigenvalue weighted by Crippen LogP contribution is -1.92. The maximum atomic E-state index is 12.9. The molecule has 4 heteroatoms. The number of halogens is 1. The maximum absolute atomic E-state index is 12.9. The third kappa shape index (κ3) is 3.43. The van der Waals surface area contributed by atoms with Gasteiger partial charge in [0.25, 0.3) is 0 Å². The van der Waals surface area contributed by atoms with Crippen LogP contribution >= 0.6 is 0 Å². The number of aliphatic carboxylic acids is 1. The molecule has 0 aromatic heterocycles. The molecule has 0 aliphatic carbocycles. The Labute approximate surface area is 92.1 Å². The van der Waals surface area contributed by atoms with Crippen LogP contribution in [0.5, 0.6) is 0 Å². The molecule has 0 amide bonds. The van der Waals surface area contributed by atoms with E-state index in [9.17, 15) is 9.18 Å². The summed E-state index contributed by atoms with van der Waals surface area (Å²) in [4.78, 5) is 10.2. The second-order valence-electron chi connectivity index (χ2n) is 3.01. The quantitative estimate of drug-likeness (QED) is 0.767. The molecule has 1 aromatic carbocycles. The first-order valence-electron chi connectivity index (χ1n) is 4.49. The predicted molar refractivity (Wildman–Crippen MR) is 54.8 cm³/mol. The molecule has 0 fully saturated rings. The summed E-state index contributed by atoms with van der Waals surface area (Å²) in [6, 6.07) is 5.85. The average molecular weight is 217 g/mol. The number of hydrogen-bond donors (Lipinski definition) is 1. The zero-order chi connectivity index (χ0) is 12.0. The average Bonchev–Trinajstić information content (AvgIpc) is 2.21. The fraction of sp³-hybridized carbons (Fsp3) is 0.167. The van der Waals surface area contributed by atoms with Crippen LogP contribution in [-0.4, -0.2) is 11.1 Å². The van der Waals surface area contributed by atoms with Gasteiger partial charge in [-0.1, -0.05) is 17.9 Å². The molecule has 3 nitrogen and oxygen atoms in total. The van der Waals surface area contributed by atoms with Gasteiger partial charge in [-0.2, -0.15) is 5.26 Å². The van der Waals surface area contributed by atoms with Gasteiger partial charge in [0.1, 0.15) is 12.2 Å². The molecule has 0 bridgehead atoms. The van der Waals surface area contributed by atoms with Crippen LogP contribution in [0.25, 0.3) is 0 Å². The Morgan fingerprint density at radius 3 is 2.88 bits per heavy atom. The van der Waals surface area contributed by atoms with Gasteiger partial charge >= 0.3 is 5.97 Å². The molecular formula is C12H8FNO2. The van der Waals surface area contributed by atoms with Gasteiger partial charge in [0.05, 0.1) is 12.5 Å². The lowest BCUT2D eigenvalue weighted by molar-refractivity contribution is -0.135. The van der Waals surface area contributed by atoms with E-state index in [4.69, 9.17) is 10.4 Å². The highest BCUT2D eigenvalue weighted by atomic mass is 19.1. The Balaban J connectivity index is 2.99. The number of rotatable bonds is 2. The molecule has 0 spiro atoms. The summed E-state index contributed by atoms with van der Waals surface area (Å²) in [5.41, 5.74) is 0.963. The first kappa shape index (κ1) is 11.7. The molecule has 16 heavy (non-hydrogen) atoms. The third-order valence-corrected chi connectivity index (χ3v) is 1.80. The van der Waals surface area contributed by atoms with Crippen molar-refractivity contribution in [3.05, 3.63) is 35.1 Å². The Bertz CT molecular complexity index is 506. The molecule has 0 radical (unpaired) electrons. The number of carboxylic acid groups (broad SMARTS) is 1. The highest BCUT2D eigenvalue weighted by Gasteiger charge is 2.01. The molecule has 1 rings (SSSR count). The Morgan fingerprint density at radius 1 is 1.50 bits per heavy atom. The molecule has 0 saturated carbocycles. The summed E-state index contributed by atoms with van der Waals surface area (Å²) in [5.74, 6) is 3.46. The molecule has 0 aliphatic heterocycles. The second-order valence-corrected chi connectivity index (χ2v) is 3.01. The molecule has 1 N–H and O–H groups in total. The fourth-order valence-corrected chi connectivity index (χ4v) is 1.12. The van der Waals surface area contributed by atoms with Gasteiger partial charge in [-0.25, -0.2) is 4.39 Å². The zero-order valence-electron chi connectivity index (χ0n) is 8.33. The molecule has 1 aromatic rings. The molecule has 0 atom stereocenters. The van der Waals surface area contributed by atoms with Crippen LogP contribution in [0.4, 0.5) is 4.39 Å². The predicted octanol–water partition coefficient (Wildman–Crippen LogP) is 1.72. The normalized spacial score (nSPS) is 8.75. The van der Waals surface area contributed by atoms with Gasteiger partial charge in [0.2, 0.25) is 0 Å². The largest absolute Gasteiger partial charge is 0.481 e. The summed E-state index contributed by atoms with van der Waals surface area (Å²) in [7, 11) is 0. The van der Waals surface area contributed by atoms with Crippen molar-refractivity contribution < 1.29 is 14.3 Å². The van der Waals surface area contributed by atoms with Crippen molar-refractivity contribution in [2.75, 3.05) is 0 Å². The van der Waals surface area contributed by atoms with Crippen molar-refractivity contribution in [2.24, 2.45) is 0 Å². The van der Waals surface area contributed by atoms with Crippen LogP contribution < -0.4 is 0 Å². The van der Waals surface area contributed by atoms with Crippen molar-refractivity contribution in [3.63, 3.8) is 0 Å². The third-order valence-electron chi connectivity index (χ3n) is 1.80. The summed E-state index contributed by atoms with van der Waals surface area (Å²) < 4.78 is 12.9. The molecule has 0 unspecified atom stereocenters. The summed E-state index contributed by atoms with van der Waals surface area (Å²) in [6.45, 7) is 0. The van der Waals surface area contributed by atoms with Gasteiger partial charge in [-0.3, -0.25) is 4.79 Å². The van der Waals surface area contributed by atoms with E-state index in [-0.39, 0.29) is 12.8 Å². The molecule has 0 aliphatic rings. The first-order chi connectivity index (χ1) is 7.63. The van der Waals surface area contributed by atoms with Gasteiger partial charge < -0.3 is 5.11 Å². The maximum Gasteiger partial charge on any atom is 0.315 e. The summed E-state index contributed by atoms with van der Waals surface area (Å²) in [5, 5.41) is 16.9. The van der Waals surface area contributed by atoms with Crippen LogP contribution in [0.3, 0.4) is 0 Å². The Kier molecular flexibility index (Phi) is 4.06. The van der Waals surface area contributed by atoms with E-state index in [1.165, 1.54) is 18.2 Å². The highest BCUT2D eigenvalue weighted by Crippen LogP contribution is 2.10. The van der Waals surface area contributed by atoms with Gasteiger partial charge in [0.15, 0.2) is 0 Å². The Hall–Kier alpha value is -2.33. The number of carboxylic acids is 1. The second kappa shape index (κ2) is 5.53. The van der Waals surface area contributed by atoms with E-state index in [2.05, 4.69) is 11.8 Å². The van der Waals surface area contributed by atoms with Crippen LogP contribution in [-0.2, 0) is 11.2 Å². The van der Waals surface area contributed by atoms with E-state index in [1.807, 2.05) is 6.07 Å². The number of benzene rings is 1. The van der Waals surface area contributed by atoms with Crippen molar-refractivity contribution in [1.82, 2.24) is 0 Å². The molecule has 0 heterocycles. The highest BCUT2D eigenvalue weighted by molar-refractivity contribution is 5.70. The van der Waals surface area contributed by atoms with E-state index in [0.717, 1.165) is 0 Å². The SMILES string of the molecule is N#CCc1ccc(F)cc1C#CCC(=O)O. The molecule has 0 saturated heterocycles. The molecule has 80 valence electrons. The fourth-order valence-electron chi connectivity index (χ4n) is 1.12. The van der Waals surface area contributed by atoms with Crippen molar-refractivity contribution in [1.29, 1.82) is 5.26 Å². The Morgan fingerprint density at radius 2 is 2.25 bits per heavy atom. The topological polar surface area (TPSA) is 61.1 Å². The van der Waals surface area contributed by atoms with Gasteiger partial charge in [0, 0.05) is 5.56 Å². The standard InChI is InChI=1S/C12H8FNO2/c13-11-5-4-9(6-7-14)10(8-11)2-1-3-12(15)16/h4-5,8H,3,6H2,(H,15,16). The smallest absolute Gasteiger partial charge is 0.315 e.